The van der Waals surface area contributed by atoms with Crippen molar-refractivity contribution >= 4 is 127 Å². The van der Waals surface area contributed by atoms with Gasteiger partial charge in [0.2, 0.25) is 40.1 Å². The maximum absolute atomic E-state index is 13.0. The second kappa shape index (κ2) is 45.3. The lowest BCUT2D eigenvalue weighted by atomic mass is 10.2. The number of hydrogen-bond donors (Lipinski definition) is 3. The van der Waals surface area contributed by atoms with E-state index < -0.39 is 16.8 Å². The van der Waals surface area contributed by atoms with Crippen molar-refractivity contribution in [2.24, 2.45) is 5.73 Å². The van der Waals surface area contributed by atoms with Crippen LogP contribution in [0.15, 0.2) is 128 Å². The summed E-state index contributed by atoms with van der Waals surface area (Å²) in [5.41, 5.74) is 10.9. The molecule has 0 saturated carbocycles. The number of fused-ring (bicyclic) bond motifs is 3. The Hall–Kier alpha value is -11.4. The van der Waals surface area contributed by atoms with Crippen LogP contribution in [0.4, 0.5) is 19.2 Å². The summed E-state index contributed by atoms with van der Waals surface area (Å²) < 4.78 is 43.0. The van der Waals surface area contributed by atoms with E-state index in [0.29, 0.717) is 142 Å². The van der Waals surface area contributed by atoms with Gasteiger partial charge in [-0.15, -0.1) is 0 Å². The number of halogens is 3. The third-order valence-electron chi connectivity index (χ3n) is 18.5. The van der Waals surface area contributed by atoms with Gasteiger partial charge in [-0.25, -0.2) is 34.1 Å². The van der Waals surface area contributed by atoms with Crippen molar-refractivity contribution in [3.8, 4) is 47.0 Å². The average Bonchev–Trinajstić information content (AvgIpc) is 1.65. The molecule has 0 unspecified atom stereocenters. The first-order valence-electron chi connectivity index (χ1n) is 40.6. The number of amides is 7. The van der Waals surface area contributed by atoms with E-state index in [1.165, 1.54) is 0 Å². The smallest absolute Gasteiger partial charge is 0.410 e. The third-order valence-corrected chi connectivity index (χ3v) is 20.6. The molecule has 3 aromatic carbocycles. The molecular weight excluding hydrogens is 1790 g/mol. The van der Waals surface area contributed by atoms with Crippen LogP contribution in [0.5, 0.6) is 34.9 Å². The first kappa shape index (κ1) is 98.1. The van der Waals surface area contributed by atoms with E-state index in [2.05, 4.69) is 85.2 Å². The number of nitriles is 2. The Bertz CT molecular complexity index is 5250. The van der Waals surface area contributed by atoms with Crippen molar-refractivity contribution in [3.63, 3.8) is 0 Å². The number of aryl methyl sites for hydroxylation is 3. The molecule has 4 fully saturated rings. The quantitative estimate of drug-likeness (QED) is 0.0548. The fraction of sp³-hybridized carbons (Fsp3) is 0.449. The number of hydrogen-bond acceptors (Lipinski definition) is 22. The lowest BCUT2D eigenvalue weighted by Crippen LogP contribution is -2.52. The molecule has 4 saturated heterocycles. The fourth-order valence-electron chi connectivity index (χ4n) is 12.9. The second-order valence-corrected chi connectivity index (χ2v) is 35.2. The average molecular weight is 1900 g/mol. The minimum absolute atomic E-state index is 0.00518. The Kier molecular flexibility index (Phi) is 35.8. The number of rotatable bonds is 13. The maximum Gasteiger partial charge on any atom is 0.410 e. The number of ether oxygens (including phenoxy) is 7. The molecule has 0 bridgehead atoms. The number of alkyl halides is 2. The van der Waals surface area contributed by atoms with Gasteiger partial charge < -0.3 is 92.6 Å². The minimum Gasteiger partial charge on any atom is -0.444 e. The summed E-state index contributed by atoms with van der Waals surface area (Å²) in [4.78, 5) is 123. The molecule has 13 rings (SSSR count). The van der Waals surface area contributed by atoms with Gasteiger partial charge >= 0.3 is 24.4 Å². The predicted octanol–water partition coefficient (Wildman–Crippen LogP) is 14.9. The van der Waals surface area contributed by atoms with E-state index in [4.69, 9.17) is 44.2 Å². The molecule has 0 atom stereocenters. The van der Waals surface area contributed by atoms with Crippen molar-refractivity contribution in [1.82, 2.24) is 68.7 Å². The second-order valence-electron chi connectivity index (χ2n) is 33.2. The Morgan fingerprint density at radius 2 is 0.758 bits per heavy atom. The maximum atomic E-state index is 13.0. The number of pyridine rings is 3. The Morgan fingerprint density at radius 1 is 0.427 bits per heavy atom. The number of benzene rings is 3. The highest BCUT2D eigenvalue weighted by atomic mass is 79.9. The lowest BCUT2D eigenvalue weighted by Gasteiger charge is -2.35. The number of H-pyrrole nitrogens is 1. The summed E-state index contributed by atoms with van der Waals surface area (Å²) in [7, 11) is 0. The molecule has 4 aliphatic rings. The largest absolute Gasteiger partial charge is 0.444 e. The molecular formula is C89H112Br3N17O15. The van der Waals surface area contributed by atoms with Crippen LogP contribution in [0.25, 0.3) is 32.7 Å². The van der Waals surface area contributed by atoms with Crippen LogP contribution in [-0.4, -0.2) is 248 Å². The van der Waals surface area contributed by atoms with Crippen molar-refractivity contribution < 1.29 is 71.5 Å². The number of aromatic nitrogens is 6. The summed E-state index contributed by atoms with van der Waals surface area (Å²) in [5.74, 6) is 3.31. The molecule has 35 heteroatoms. The monoisotopic (exact) mass is 1900 g/mol. The molecule has 0 radical (unpaired) electrons. The van der Waals surface area contributed by atoms with Gasteiger partial charge in [-0.1, -0.05) is 50.1 Å². The summed E-state index contributed by atoms with van der Waals surface area (Å²) in [6.07, 6.45) is 4.42. The molecule has 0 aliphatic carbocycles. The summed E-state index contributed by atoms with van der Waals surface area (Å²) in [6, 6.07) is 37.6. The Morgan fingerprint density at radius 3 is 1.10 bits per heavy atom. The predicted molar refractivity (Wildman–Crippen MR) is 482 cm³/mol. The van der Waals surface area contributed by atoms with E-state index in [1.807, 2.05) is 217 Å². The highest BCUT2D eigenvalue weighted by Crippen LogP contribution is 2.34. The molecule has 6 aromatic heterocycles. The molecule has 0 spiro atoms. The number of nitrogens with zero attached hydrogens (tertiary/aromatic N) is 14. The number of aromatic amines is 1. The Labute approximate surface area is 748 Å². The molecule has 664 valence electrons. The molecule has 124 heavy (non-hydrogen) atoms. The van der Waals surface area contributed by atoms with Gasteiger partial charge in [0.05, 0.1) is 45.0 Å². The first-order valence-corrected chi connectivity index (χ1v) is 43.6. The van der Waals surface area contributed by atoms with Crippen molar-refractivity contribution in [2.75, 3.05) is 115 Å². The number of piperazine rings is 4. The highest BCUT2D eigenvalue weighted by Gasteiger charge is 2.32. The zero-order valence-corrected chi connectivity index (χ0v) is 77.8. The van der Waals surface area contributed by atoms with Crippen molar-refractivity contribution in [3.05, 3.63) is 162 Å². The van der Waals surface area contributed by atoms with E-state index >= 15 is 0 Å². The molecule has 10 heterocycles. The van der Waals surface area contributed by atoms with Crippen LogP contribution >= 0.6 is 47.8 Å². The van der Waals surface area contributed by atoms with Gasteiger partial charge in [0.1, 0.15) is 52.7 Å². The van der Waals surface area contributed by atoms with Gasteiger partial charge in [0.15, 0.2) is 0 Å². The third kappa shape index (κ3) is 31.1. The van der Waals surface area contributed by atoms with Crippen LogP contribution < -0.4 is 25.3 Å². The minimum atomic E-state index is -0.546. The highest BCUT2D eigenvalue weighted by molar-refractivity contribution is 9.19. The SMILES string of the molecule is CC(C)(C)OC(=O)N1CCN(C(=O)CBr)CC1.CC(C)(C)OC(=O)N1CCNCC1.Cc1cc(C#N)cc(Oc2cccc3[nH]ccc23)n1.Cc1cc(C#N)cc(Oc2cccc3c2ccn3CC(=O)N2CCN(C(=O)OC(C)(C)C)CC2)n1.Cc1cc(CN)cc(Oc2cccc3c2ccn3CC(=O)N2CCN(C(=O)OC(C)(C)C)CC2)n1.O=C(Br)CBr. The molecule has 7 amide bonds. The van der Waals surface area contributed by atoms with Crippen LogP contribution in [0.3, 0.4) is 0 Å². The van der Waals surface area contributed by atoms with Crippen LogP contribution in [0.2, 0.25) is 0 Å². The number of nitrogens with two attached hydrogens (primary N) is 1. The molecule has 4 N–H and O–H groups in total. The topological polar surface area (TPSA) is 374 Å². The lowest BCUT2D eigenvalue weighted by molar-refractivity contribution is -0.134. The number of nitrogens with one attached hydrogen (secondary N) is 2. The van der Waals surface area contributed by atoms with E-state index in [1.54, 1.807) is 58.6 Å². The van der Waals surface area contributed by atoms with E-state index in [0.717, 1.165) is 81.6 Å². The fourth-order valence-corrected chi connectivity index (χ4v) is 13.2. The zero-order chi connectivity index (χ0) is 90.8. The van der Waals surface area contributed by atoms with Gasteiger partial charge in [-0.05, 0) is 198 Å². The van der Waals surface area contributed by atoms with Crippen LogP contribution in [0.1, 0.15) is 117 Å². The van der Waals surface area contributed by atoms with Gasteiger partial charge in [0.25, 0.3) is 0 Å². The first-order chi connectivity index (χ1) is 58.6. The van der Waals surface area contributed by atoms with Gasteiger partial charge in [0, 0.05) is 187 Å². The van der Waals surface area contributed by atoms with Gasteiger partial charge in [-0.2, -0.15) is 10.5 Å². The Balaban J connectivity index is 0.000000198. The van der Waals surface area contributed by atoms with Crippen LogP contribution in [0, 0.1) is 43.4 Å². The molecule has 4 aliphatic heterocycles. The standard InChI is InChI=1S/C26H33N5O4.C26H29N5O4.C15H11N3O.C11H19BrN2O3.C9H18N2O2.C2H2Br2O/c2*1-18-14-19(16-27)15-23(28-18)34-22-7-5-6-21-20(22)8-9-31(21)17-24(32)29-10-12-30(13-11-29)25(33)35-26(2,3)4;1-10-7-11(9-16)8-15(18-10)19-14-4-2-3-13-12(14)5-6-17-13;1-11(2,3)17-10(16)14-6-4-13(5-7-14)9(15)8-12;1-9(2,3)13-8(12)11-6-4-10-5-7-11;3-1-2(4)5/h5-9,14-15H,10-13,16-17,27H2,1-4H3;5-9,14-15H,10-13,17H2,1-4H3;2-8,17H,1H3;4-8H2,1-3H3;10H,4-7H2,1-3H3;1H2. The molecule has 32 nitrogen and oxygen atoms in total. The van der Waals surface area contributed by atoms with E-state index in [-0.39, 0.29) is 65.5 Å². The van der Waals surface area contributed by atoms with E-state index in [9.17, 15) is 43.6 Å². The molecule has 9 aromatic rings. The van der Waals surface area contributed by atoms with Crippen LogP contribution in [-0.2, 0) is 57.8 Å². The summed E-state index contributed by atoms with van der Waals surface area (Å²) in [5, 5.41) is 24.8. The summed E-state index contributed by atoms with van der Waals surface area (Å²) in [6.45, 7) is 37.7. The van der Waals surface area contributed by atoms with Gasteiger partial charge in [-0.3, -0.25) is 19.2 Å². The van der Waals surface area contributed by atoms with Crippen molar-refractivity contribution in [1.29, 1.82) is 10.5 Å². The number of carbonyl (C=O) groups excluding carboxylic acids is 8. The zero-order valence-electron chi connectivity index (χ0n) is 73.1. The van der Waals surface area contributed by atoms with Crippen molar-refractivity contribution in [2.45, 2.75) is 146 Å². The summed E-state index contributed by atoms with van der Waals surface area (Å²) >= 11 is 8.74. The normalized spacial score (nSPS) is 14.2. The number of carbonyl (C=O) groups is 8.